The third-order valence-electron chi connectivity index (χ3n) is 4.59. The molecule has 1 saturated carbocycles. The predicted molar refractivity (Wildman–Crippen MR) is 81.5 cm³/mol. The molecule has 0 aromatic heterocycles. The van der Waals surface area contributed by atoms with Crippen LogP contribution in [0.5, 0.6) is 0 Å². The minimum Gasteiger partial charge on any atom is -0.478 e. The number of carbonyl (C=O) groups excluding carboxylic acids is 1. The van der Waals surface area contributed by atoms with Gasteiger partial charge >= 0.3 is 5.97 Å². The van der Waals surface area contributed by atoms with Crippen molar-refractivity contribution in [2.24, 2.45) is 11.1 Å². The zero-order valence-electron chi connectivity index (χ0n) is 12.5. The number of aromatic carboxylic acids is 1. The summed E-state index contributed by atoms with van der Waals surface area (Å²) in [5.41, 5.74) is 7.61. The molecule has 0 aliphatic heterocycles. The average Bonchev–Trinajstić information content (AvgIpc) is 2.92. The molecule has 1 aromatic rings. The Balaban J connectivity index is 2.27. The Morgan fingerprint density at radius 1 is 1.29 bits per heavy atom. The highest BCUT2D eigenvalue weighted by atomic mass is 16.4. The summed E-state index contributed by atoms with van der Waals surface area (Å²) in [5.74, 6) is -1.08. The number of hydrogen-bond donors (Lipinski definition) is 3. The summed E-state index contributed by atoms with van der Waals surface area (Å²) in [6, 6.07) is 3.32. The molecule has 1 aliphatic rings. The van der Waals surface area contributed by atoms with Gasteiger partial charge in [-0.15, -0.1) is 0 Å². The van der Waals surface area contributed by atoms with Crippen molar-refractivity contribution in [1.82, 2.24) is 0 Å². The Labute approximate surface area is 124 Å². The van der Waals surface area contributed by atoms with E-state index in [1.807, 2.05) is 6.92 Å². The second kappa shape index (κ2) is 5.85. The van der Waals surface area contributed by atoms with Crippen LogP contribution in [-0.4, -0.2) is 23.5 Å². The van der Waals surface area contributed by atoms with Crippen LogP contribution in [0.2, 0.25) is 0 Å². The first-order valence-corrected chi connectivity index (χ1v) is 7.26. The normalized spacial score (nSPS) is 16.7. The Kier molecular flexibility index (Phi) is 4.32. The smallest absolute Gasteiger partial charge is 0.336 e. The quantitative estimate of drug-likeness (QED) is 0.794. The summed E-state index contributed by atoms with van der Waals surface area (Å²) in [6.45, 7) is 3.93. The molecule has 0 bridgehead atoms. The number of anilines is 1. The van der Waals surface area contributed by atoms with Crippen LogP contribution in [0.4, 0.5) is 5.69 Å². The summed E-state index contributed by atoms with van der Waals surface area (Å²) >= 11 is 0. The Morgan fingerprint density at radius 2 is 1.90 bits per heavy atom. The summed E-state index contributed by atoms with van der Waals surface area (Å²) in [5, 5.41) is 12.1. The highest BCUT2D eigenvalue weighted by molar-refractivity contribution is 5.98. The first-order chi connectivity index (χ1) is 9.89. The van der Waals surface area contributed by atoms with Gasteiger partial charge in [-0.05, 0) is 49.9 Å². The first kappa shape index (κ1) is 15.5. The van der Waals surface area contributed by atoms with Crippen LogP contribution in [-0.2, 0) is 4.79 Å². The van der Waals surface area contributed by atoms with Crippen LogP contribution >= 0.6 is 0 Å². The predicted octanol–water partition coefficient (Wildman–Crippen LogP) is 2.46. The molecule has 0 spiro atoms. The molecule has 114 valence electrons. The van der Waals surface area contributed by atoms with E-state index < -0.39 is 11.4 Å². The van der Waals surface area contributed by atoms with Gasteiger partial charge in [0, 0.05) is 12.2 Å². The Morgan fingerprint density at radius 3 is 2.43 bits per heavy atom. The maximum Gasteiger partial charge on any atom is 0.336 e. The number of hydrogen-bond acceptors (Lipinski definition) is 3. The van der Waals surface area contributed by atoms with Crippen molar-refractivity contribution < 1.29 is 14.7 Å². The lowest BCUT2D eigenvalue weighted by Crippen LogP contribution is -2.40. The lowest BCUT2D eigenvalue weighted by molar-refractivity contribution is -0.124. The van der Waals surface area contributed by atoms with E-state index >= 15 is 0 Å². The third kappa shape index (κ3) is 2.93. The van der Waals surface area contributed by atoms with Gasteiger partial charge in [-0.25, -0.2) is 4.79 Å². The molecule has 5 nitrogen and oxygen atoms in total. The molecular formula is C16H22N2O3. The number of carbonyl (C=O) groups is 2. The lowest BCUT2D eigenvalue weighted by Gasteiger charge is -2.26. The van der Waals surface area contributed by atoms with Crippen molar-refractivity contribution in [3.05, 3.63) is 28.8 Å². The molecule has 0 radical (unpaired) electrons. The van der Waals surface area contributed by atoms with Gasteiger partial charge < -0.3 is 16.2 Å². The van der Waals surface area contributed by atoms with Gasteiger partial charge in [0.15, 0.2) is 0 Å². The molecule has 0 saturated heterocycles. The topological polar surface area (TPSA) is 92.4 Å². The van der Waals surface area contributed by atoms with Crippen LogP contribution < -0.4 is 11.1 Å². The molecule has 1 amide bonds. The van der Waals surface area contributed by atoms with E-state index in [-0.39, 0.29) is 11.5 Å². The first-order valence-electron chi connectivity index (χ1n) is 7.26. The molecule has 4 N–H and O–H groups in total. The molecular weight excluding hydrogens is 268 g/mol. The van der Waals surface area contributed by atoms with Gasteiger partial charge in [0.2, 0.25) is 5.91 Å². The van der Waals surface area contributed by atoms with Crippen molar-refractivity contribution >= 4 is 17.6 Å². The average molecular weight is 290 g/mol. The highest BCUT2D eigenvalue weighted by Crippen LogP contribution is 2.38. The number of carboxylic acid groups (broad SMARTS) is 1. The molecule has 0 unspecified atom stereocenters. The maximum absolute atomic E-state index is 12.5. The minimum absolute atomic E-state index is 0.0953. The fourth-order valence-electron chi connectivity index (χ4n) is 2.99. The fraction of sp³-hybridized carbons (Fsp3) is 0.500. The molecule has 1 aromatic carbocycles. The number of nitrogens with two attached hydrogens (primary N) is 1. The summed E-state index contributed by atoms with van der Waals surface area (Å²) in [6.07, 6.45) is 3.62. The van der Waals surface area contributed by atoms with Gasteiger partial charge in [0.25, 0.3) is 0 Å². The number of nitrogens with one attached hydrogen (secondary N) is 1. The molecule has 1 aliphatic carbocycles. The van der Waals surface area contributed by atoms with Crippen LogP contribution in [0.3, 0.4) is 0 Å². The minimum atomic E-state index is -0.985. The van der Waals surface area contributed by atoms with Crippen LogP contribution in [0.25, 0.3) is 0 Å². The number of amides is 1. The molecule has 2 rings (SSSR count). The van der Waals surface area contributed by atoms with E-state index in [0.717, 1.165) is 36.8 Å². The van der Waals surface area contributed by atoms with Crippen molar-refractivity contribution in [2.45, 2.75) is 39.5 Å². The Bertz CT molecular complexity index is 575. The van der Waals surface area contributed by atoms with E-state index in [2.05, 4.69) is 5.32 Å². The monoisotopic (exact) mass is 290 g/mol. The fourth-order valence-corrected chi connectivity index (χ4v) is 2.99. The number of aryl methyl sites for hydroxylation is 1. The van der Waals surface area contributed by atoms with Crippen molar-refractivity contribution in [1.29, 1.82) is 0 Å². The van der Waals surface area contributed by atoms with E-state index in [9.17, 15) is 14.7 Å². The zero-order chi connectivity index (χ0) is 15.6. The molecule has 5 heteroatoms. The van der Waals surface area contributed by atoms with Gasteiger partial charge in [-0.2, -0.15) is 0 Å². The molecule has 0 heterocycles. The van der Waals surface area contributed by atoms with Gasteiger partial charge in [-0.1, -0.05) is 12.8 Å². The van der Waals surface area contributed by atoms with Crippen molar-refractivity contribution in [3.8, 4) is 0 Å². The second-order valence-corrected chi connectivity index (χ2v) is 5.92. The largest absolute Gasteiger partial charge is 0.478 e. The molecule has 21 heavy (non-hydrogen) atoms. The van der Waals surface area contributed by atoms with Crippen molar-refractivity contribution in [2.75, 3.05) is 11.9 Å². The summed E-state index contributed by atoms with van der Waals surface area (Å²) < 4.78 is 0. The Hall–Kier alpha value is -1.88. The van der Waals surface area contributed by atoms with Crippen LogP contribution in [0, 0.1) is 19.3 Å². The van der Waals surface area contributed by atoms with Crippen LogP contribution in [0.1, 0.15) is 47.2 Å². The molecule has 0 atom stereocenters. The van der Waals surface area contributed by atoms with Crippen molar-refractivity contribution in [3.63, 3.8) is 0 Å². The third-order valence-corrected chi connectivity index (χ3v) is 4.59. The maximum atomic E-state index is 12.5. The van der Waals surface area contributed by atoms with E-state index in [1.54, 1.807) is 13.0 Å². The van der Waals surface area contributed by atoms with E-state index in [1.165, 1.54) is 6.07 Å². The lowest BCUT2D eigenvalue weighted by atomic mass is 9.85. The highest BCUT2D eigenvalue weighted by Gasteiger charge is 2.39. The van der Waals surface area contributed by atoms with E-state index in [4.69, 9.17) is 5.73 Å². The summed E-state index contributed by atoms with van der Waals surface area (Å²) in [4.78, 5) is 23.8. The van der Waals surface area contributed by atoms with Crippen LogP contribution in [0.15, 0.2) is 12.1 Å². The number of carboxylic acids is 1. The second-order valence-electron chi connectivity index (χ2n) is 5.92. The van der Waals surface area contributed by atoms with Gasteiger partial charge in [-0.3, -0.25) is 4.79 Å². The number of rotatable bonds is 4. The van der Waals surface area contributed by atoms with Gasteiger partial charge in [0.05, 0.1) is 11.0 Å². The summed E-state index contributed by atoms with van der Waals surface area (Å²) in [7, 11) is 0. The van der Waals surface area contributed by atoms with E-state index in [0.29, 0.717) is 12.2 Å². The zero-order valence-corrected chi connectivity index (χ0v) is 12.5. The number of benzene rings is 1. The standard InChI is InChI=1S/C16H22N2O3/c1-10-7-12(8-13(11(10)2)14(19)20)18-15(21)16(9-17)5-3-4-6-16/h7-8H,3-6,9,17H2,1-2H3,(H,18,21)(H,19,20). The van der Waals surface area contributed by atoms with Gasteiger partial charge in [0.1, 0.15) is 0 Å². The molecule has 1 fully saturated rings. The SMILES string of the molecule is Cc1cc(NC(=O)C2(CN)CCCC2)cc(C(=O)O)c1C.